The number of para-hydroxylation sites is 1. The molecule has 2 aromatic rings. The van der Waals surface area contributed by atoms with Gasteiger partial charge in [0.25, 0.3) is 0 Å². The van der Waals surface area contributed by atoms with E-state index in [1.807, 2.05) is 6.07 Å². The van der Waals surface area contributed by atoms with E-state index < -0.39 is 7.65 Å². The van der Waals surface area contributed by atoms with Gasteiger partial charge in [-0.05, 0) is 30.3 Å². The van der Waals surface area contributed by atoms with Crippen LogP contribution in [0.1, 0.15) is 12.6 Å². The van der Waals surface area contributed by atoms with Crippen molar-refractivity contribution in [3.8, 4) is 0 Å². The lowest BCUT2D eigenvalue weighted by Gasteiger charge is -2.26. The number of aromatic nitrogens is 1. The molecule has 1 aromatic heterocycles. The van der Waals surface area contributed by atoms with E-state index in [1.165, 1.54) is 16.6 Å². The highest BCUT2D eigenvalue weighted by molar-refractivity contribution is 7.79. The average molecular weight is 240 g/mol. The molecule has 3 rings (SSSR count). The van der Waals surface area contributed by atoms with Gasteiger partial charge in [-0.25, -0.2) is 0 Å². The van der Waals surface area contributed by atoms with Gasteiger partial charge in [0.2, 0.25) is 7.65 Å². The Kier molecular flexibility index (Phi) is 2.24. The minimum absolute atomic E-state index is 0.227. The number of fused-ring (bicyclic) bond motifs is 3. The molecule has 2 heterocycles. The molecular weight excluding hydrogens is 229 g/mol. The fraction of sp³-hybridized carbons (Fsp3) is 0.273. The number of benzene rings is 1. The van der Waals surface area contributed by atoms with Crippen LogP contribution in [0.25, 0.3) is 10.9 Å². The molecule has 15 heavy (non-hydrogen) atoms. The third kappa shape index (κ3) is 1.48. The van der Waals surface area contributed by atoms with Gasteiger partial charge in [-0.15, -0.1) is 0 Å². The molecule has 2 nitrogen and oxygen atoms in total. The predicted octanol–water partition coefficient (Wildman–Crippen LogP) is 3.92. The molecule has 1 aliphatic heterocycles. The maximum absolute atomic E-state index is 6.27. The summed E-state index contributed by atoms with van der Waals surface area (Å²) >= 11 is 6.27. The Morgan fingerprint density at radius 3 is 3.13 bits per heavy atom. The molecule has 0 N–H and O–H groups in total. The number of rotatable bonds is 0. The molecule has 1 aromatic carbocycles. The summed E-state index contributed by atoms with van der Waals surface area (Å²) in [5, 5.41) is 1.25. The lowest BCUT2D eigenvalue weighted by Crippen LogP contribution is -2.17. The normalized spacial score (nSPS) is 25.5. The SMILES string of the molecule is CC1Cc2cc3ccccc3n2P(Cl)O1. The highest BCUT2D eigenvalue weighted by atomic mass is 35.7. The van der Waals surface area contributed by atoms with Crippen LogP contribution < -0.4 is 0 Å². The zero-order chi connectivity index (χ0) is 10.4. The van der Waals surface area contributed by atoms with E-state index >= 15 is 0 Å². The van der Waals surface area contributed by atoms with E-state index in [2.05, 4.69) is 35.5 Å². The van der Waals surface area contributed by atoms with Crippen LogP contribution in [0, 0.1) is 0 Å². The molecule has 2 atom stereocenters. The van der Waals surface area contributed by atoms with Crippen LogP contribution in [0.15, 0.2) is 30.3 Å². The molecule has 0 bridgehead atoms. The van der Waals surface area contributed by atoms with E-state index in [-0.39, 0.29) is 6.10 Å². The molecule has 0 spiro atoms. The Morgan fingerprint density at radius 2 is 2.27 bits per heavy atom. The lowest BCUT2D eigenvalue weighted by atomic mass is 10.2. The number of halogens is 1. The molecule has 0 saturated heterocycles. The fourth-order valence-corrected chi connectivity index (χ4v) is 4.16. The molecule has 1 aliphatic rings. The van der Waals surface area contributed by atoms with E-state index in [0.717, 1.165) is 6.42 Å². The molecule has 0 fully saturated rings. The fourth-order valence-electron chi connectivity index (χ4n) is 2.06. The average Bonchev–Trinajstić information content (AvgIpc) is 2.54. The van der Waals surface area contributed by atoms with Gasteiger partial charge in [-0.3, -0.25) is 4.34 Å². The number of nitrogens with zero attached hydrogens (tertiary/aromatic N) is 1. The van der Waals surface area contributed by atoms with Crippen LogP contribution in [0.3, 0.4) is 0 Å². The first-order chi connectivity index (χ1) is 7.25. The van der Waals surface area contributed by atoms with Crippen LogP contribution in [-0.2, 0) is 10.9 Å². The first-order valence-electron chi connectivity index (χ1n) is 4.98. The zero-order valence-electron chi connectivity index (χ0n) is 8.35. The topological polar surface area (TPSA) is 14.2 Å². The van der Waals surface area contributed by atoms with Crippen molar-refractivity contribution >= 4 is 29.8 Å². The highest BCUT2D eigenvalue weighted by Gasteiger charge is 2.25. The minimum Gasteiger partial charge on any atom is -0.323 e. The molecule has 78 valence electrons. The van der Waals surface area contributed by atoms with Gasteiger partial charge >= 0.3 is 0 Å². The van der Waals surface area contributed by atoms with Crippen molar-refractivity contribution in [2.75, 3.05) is 0 Å². The van der Waals surface area contributed by atoms with E-state index in [1.54, 1.807) is 0 Å². The summed E-state index contributed by atoms with van der Waals surface area (Å²) in [7, 11) is -1.02. The van der Waals surface area contributed by atoms with Gasteiger partial charge in [0.1, 0.15) is 0 Å². The number of hydrogen-bond donors (Lipinski definition) is 0. The second-order valence-corrected chi connectivity index (χ2v) is 5.78. The van der Waals surface area contributed by atoms with Crippen LogP contribution in [0.2, 0.25) is 0 Å². The second-order valence-electron chi connectivity index (χ2n) is 3.85. The molecule has 0 saturated carbocycles. The van der Waals surface area contributed by atoms with Crippen molar-refractivity contribution in [3.05, 3.63) is 36.0 Å². The molecule has 0 amide bonds. The van der Waals surface area contributed by atoms with Gasteiger partial charge in [-0.2, -0.15) is 0 Å². The summed E-state index contributed by atoms with van der Waals surface area (Å²) in [5.41, 5.74) is 2.47. The zero-order valence-corrected chi connectivity index (χ0v) is 10.0. The van der Waals surface area contributed by atoms with Gasteiger partial charge in [0.05, 0.1) is 11.6 Å². The van der Waals surface area contributed by atoms with Crippen molar-refractivity contribution in [2.24, 2.45) is 0 Å². The van der Waals surface area contributed by atoms with E-state index in [9.17, 15) is 0 Å². The lowest BCUT2D eigenvalue weighted by molar-refractivity contribution is 0.237. The molecule has 4 heteroatoms. The Bertz CT molecular complexity index is 510. The maximum atomic E-state index is 6.27. The number of hydrogen-bond acceptors (Lipinski definition) is 1. The standard InChI is InChI=1S/C11H11ClNOP/c1-8-6-10-7-9-4-2-3-5-11(9)13(10)15(12)14-8/h2-5,7-8H,6H2,1H3. The molecule has 0 radical (unpaired) electrons. The third-order valence-corrected chi connectivity index (χ3v) is 4.69. The van der Waals surface area contributed by atoms with Crippen LogP contribution >= 0.6 is 18.9 Å². The summed E-state index contributed by atoms with van der Waals surface area (Å²) in [6.07, 6.45) is 1.17. The molecular formula is C11H11ClNOP. The highest BCUT2D eigenvalue weighted by Crippen LogP contribution is 2.52. The van der Waals surface area contributed by atoms with Crippen molar-refractivity contribution in [3.63, 3.8) is 0 Å². The van der Waals surface area contributed by atoms with Crippen molar-refractivity contribution in [1.29, 1.82) is 0 Å². The summed E-state index contributed by atoms with van der Waals surface area (Å²) in [4.78, 5) is 0. The minimum atomic E-state index is -1.02. The van der Waals surface area contributed by atoms with Crippen LogP contribution in [-0.4, -0.2) is 10.4 Å². The molecule has 0 aliphatic carbocycles. The van der Waals surface area contributed by atoms with Crippen molar-refractivity contribution in [1.82, 2.24) is 4.34 Å². The Balaban J connectivity index is 2.27. The summed E-state index contributed by atoms with van der Waals surface area (Å²) < 4.78 is 7.80. The summed E-state index contributed by atoms with van der Waals surface area (Å²) in [5.74, 6) is 0. The first-order valence-corrected chi connectivity index (χ1v) is 7.10. The summed E-state index contributed by atoms with van der Waals surface area (Å²) in [6.45, 7) is 2.07. The predicted molar refractivity (Wildman–Crippen MR) is 64.4 cm³/mol. The maximum Gasteiger partial charge on any atom is 0.241 e. The smallest absolute Gasteiger partial charge is 0.241 e. The van der Waals surface area contributed by atoms with Gasteiger partial charge < -0.3 is 4.52 Å². The van der Waals surface area contributed by atoms with E-state index in [0.29, 0.717) is 0 Å². The third-order valence-electron chi connectivity index (χ3n) is 2.68. The monoisotopic (exact) mass is 239 g/mol. The Hall–Kier alpha value is -0.560. The van der Waals surface area contributed by atoms with Crippen LogP contribution in [0.5, 0.6) is 0 Å². The summed E-state index contributed by atoms with van der Waals surface area (Å²) in [6, 6.07) is 10.5. The van der Waals surface area contributed by atoms with Gasteiger partial charge in [-0.1, -0.05) is 18.2 Å². The van der Waals surface area contributed by atoms with Gasteiger partial charge in [0.15, 0.2) is 0 Å². The van der Waals surface area contributed by atoms with Crippen LogP contribution in [0.4, 0.5) is 0 Å². The van der Waals surface area contributed by atoms with Gasteiger partial charge in [0, 0.05) is 17.5 Å². The largest absolute Gasteiger partial charge is 0.323 e. The quantitative estimate of drug-likeness (QED) is 0.636. The molecule has 2 unspecified atom stereocenters. The Labute approximate surface area is 94.5 Å². The Morgan fingerprint density at radius 1 is 1.47 bits per heavy atom. The van der Waals surface area contributed by atoms with E-state index in [4.69, 9.17) is 15.8 Å². The second kappa shape index (κ2) is 3.48. The van der Waals surface area contributed by atoms with Crippen molar-refractivity contribution in [2.45, 2.75) is 19.4 Å². The van der Waals surface area contributed by atoms with Crippen molar-refractivity contribution < 1.29 is 4.52 Å². The first kappa shape index (κ1) is 9.65.